The van der Waals surface area contributed by atoms with Crippen molar-refractivity contribution < 1.29 is 0 Å². The van der Waals surface area contributed by atoms with Crippen LogP contribution < -0.4 is 5.32 Å². The van der Waals surface area contributed by atoms with E-state index in [-0.39, 0.29) is 0 Å². The number of nitrogens with zero attached hydrogens (tertiary/aromatic N) is 1. The van der Waals surface area contributed by atoms with Crippen LogP contribution in [0.15, 0.2) is 0 Å². The predicted octanol–water partition coefficient (Wildman–Crippen LogP) is 7.00. The Morgan fingerprint density at radius 1 is 0.500 bits per heavy atom. The summed E-state index contributed by atoms with van der Waals surface area (Å²) in [6.45, 7) is 8.15. The van der Waals surface area contributed by atoms with E-state index in [0.717, 1.165) is 24.6 Å². The van der Waals surface area contributed by atoms with Crippen LogP contribution in [0.1, 0.15) is 110 Å². The maximum Gasteiger partial charge on any atom is 0.0107 e. The van der Waals surface area contributed by atoms with Crippen molar-refractivity contribution in [3.8, 4) is 0 Å². The molecule has 0 atom stereocenters. The minimum atomic E-state index is 0.982. The molecule has 0 aromatic carbocycles. The van der Waals surface area contributed by atoms with Gasteiger partial charge in [-0.05, 0) is 50.4 Å². The molecule has 0 aromatic heterocycles. The maximum atomic E-state index is 4.38. The van der Waals surface area contributed by atoms with E-state index in [1.807, 2.05) is 0 Å². The van der Waals surface area contributed by atoms with Gasteiger partial charge in [-0.1, -0.05) is 90.4 Å². The molecule has 0 radical (unpaired) electrons. The lowest BCUT2D eigenvalue weighted by atomic mass is 10.0. The molecule has 0 spiro atoms. The van der Waals surface area contributed by atoms with Crippen LogP contribution in [-0.2, 0) is 0 Å². The number of thiol groups is 2. The first-order chi connectivity index (χ1) is 13.8. The van der Waals surface area contributed by atoms with Crippen LogP contribution in [0.5, 0.6) is 0 Å². The summed E-state index contributed by atoms with van der Waals surface area (Å²) >= 11 is 8.65. The van der Waals surface area contributed by atoms with Crippen LogP contribution in [0.2, 0.25) is 0 Å². The average Bonchev–Trinajstić information content (AvgIpc) is 2.71. The number of hydrogen-bond donors (Lipinski definition) is 3. The lowest BCUT2D eigenvalue weighted by Crippen LogP contribution is -2.34. The molecule has 28 heavy (non-hydrogen) atoms. The van der Waals surface area contributed by atoms with E-state index in [0.29, 0.717) is 0 Å². The van der Waals surface area contributed by atoms with Crippen molar-refractivity contribution in [2.75, 3.05) is 44.2 Å². The molecule has 2 nitrogen and oxygen atoms in total. The van der Waals surface area contributed by atoms with E-state index in [1.54, 1.807) is 0 Å². The Hall–Kier alpha value is 0.620. The summed E-state index contributed by atoms with van der Waals surface area (Å²) < 4.78 is 0. The van der Waals surface area contributed by atoms with Crippen molar-refractivity contribution in [3.63, 3.8) is 0 Å². The van der Waals surface area contributed by atoms with E-state index in [9.17, 15) is 0 Å². The summed E-state index contributed by atoms with van der Waals surface area (Å²) in [6, 6.07) is 0. The third-order valence-electron chi connectivity index (χ3n) is 5.58. The number of nitrogens with one attached hydrogen (secondary N) is 1. The van der Waals surface area contributed by atoms with Gasteiger partial charge in [0.05, 0.1) is 0 Å². The zero-order valence-electron chi connectivity index (χ0n) is 19.1. The van der Waals surface area contributed by atoms with Crippen LogP contribution in [-0.4, -0.2) is 49.1 Å². The number of hydrogen-bond acceptors (Lipinski definition) is 4. The molecule has 0 unspecified atom stereocenters. The summed E-state index contributed by atoms with van der Waals surface area (Å²) in [7, 11) is 0. The monoisotopic (exact) mass is 432 g/mol. The van der Waals surface area contributed by atoms with Crippen molar-refractivity contribution in [2.24, 2.45) is 0 Å². The Bertz CT molecular complexity index is 277. The first-order valence-electron chi connectivity index (χ1n) is 12.5. The smallest absolute Gasteiger partial charge is 0.0107 e. The third-order valence-corrected chi connectivity index (χ3v) is 6.21. The summed E-state index contributed by atoms with van der Waals surface area (Å²) in [4.78, 5) is 2.63. The summed E-state index contributed by atoms with van der Waals surface area (Å²) in [5.74, 6) is 1.98. The largest absolute Gasteiger partial charge is 0.315 e. The lowest BCUT2D eigenvalue weighted by Gasteiger charge is -2.22. The van der Waals surface area contributed by atoms with Gasteiger partial charge in [0, 0.05) is 13.1 Å². The van der Waals surface area contributed by atoms with Gasteiger partial charge in [-0.3, -0.25) is 0 Å². The van der Waals surface area contributed by atoms with Gasteiger partial charge in [0.2, 0.25) is 0 Å². The second-order valence-electron chi connectivity index (χ2n) is 8.34. The van der Waals surface area contributed by atoms with E-state index in [4.69, 9.17) is 0 Å². The summed E-state index contributed by atoms with van der Waals surface area (Å²) in [5, 5.41) is 3.54. The zero-order valence-corrected chi connectivity index (χ0v) is 20.9. The highest BCUT2D eigenvalue weighted by Gasteiger charge is 2.04. The first kappa shape index (κ1) is 28.6. The van der Waals surface area contributed by atoms with Crippen molar-refractivity contribution >= 4 is 25.3 Å². The number of unbranched alkanes of at least 4 members (excludes halogenated alkanes) is 13. The highest BCUT2D eigenvalue weighted by Crippen LogP contribution is 2.13. The Labute approximate surface area is 189 Å². The second-order valence-corrected chi connectivity index (χ2v) is 9.24. The van der Waals surface area contributed by atoms with Crippen molar-refractivity contribution in [3.05, 3.63) is 0 Å². The van der Waals surface area contributed by atoms with Crippen LogP contribution in [0.25, 0.3) is 0 Å². The molecule has 0 aliphatic carbocycles. The van der Waals surface area contributed by atoms with Gasteiger partial charge in [-0.25, -0.2) is 0 Å². The quantitative estimate of drug-likeness (QED) is 0.112. The van der Waals surface area contributed by atoms with Crippen LogP contribution in [0.3, 0.4) is 0 Å². The minimum Gasteiger partial charge on any atom is -0.315 e. The fourth-order valence-corrected chi connectivity index (χ4v) is 4.03. The SMILES string of the molecule is CCCCCCCCCCCCCCCCN(CCCS)CCNCCCS. The Kier molecular flexibility index (Phi) is 26.2. The molecule has 0 aliphatic rings. The molecule has 0 aliphatic heterocycles. The Morgan fingerprint density at radius 3 is 1.46 bits per heavy atom. The molecule has 170 valence electrons. The molecular weight excluding hydrogens is 380 g/mol. The van der Waals surface area contributed by atoms with Gasteiger partial charge in [0.25, 0.3) is 0 Å². The van der Waals surface area contributed by atoms with Gasteiger partial charge in [-0.2, -0.15) is 25.3 Å². The highest BCUT2D eigenvalue weighted by molar-refractivity contribution is 7.80. The van der Waals surface area contributed by atoms with Crippen LogP contribution in [0.4, 0.5) is 0 Å². The third kappa shape index (κ3) is 22.9. The fourth-order valence-electron chi connectivity index (χ4n) is 3.73. The Morgan fingerprint density at radius 2 is 0.964 bits per heavy atom. The van der Waals surface area contributed by atoms with Gasteiger partial charge < -0.3 is 10.2 Å². The van der Waals surface area contributed by atoms with Gasteiger partial charge in [0.1, 0.15) is 0 Å². The Balaban J connectivity index is 3.41. The molecule has 0 rings (SSSR count). The van der Waals surface area contributed by atoms with Crippen molar-refractivity contribution in [2.45, 2.75) is 110 Å². The van der Waals surface area contributed by atoms with Crippen molar-refractivity contribution in [1.82, 2.24) is 10.2 Å². The van der Waals surface area contributed by atoms with Gasteiger partial charge >= 0.3 is 0 Å². The standard InChI is InChI=1S/C24H52N2S2/c1-2-3-4-5-6-7-8-9-10-11-12-13-14-15-20-26(21-17-24-28)22-19-25-18-16-23-27/h25,27-28H,2-24H2,1H3. The molecule has 1 N–H and O–H groups in total. The summed E-state index contributed by atoms with van der Waals surface area (Å²) in [5.41, 5.74) is 0. The molecule has 0 saturated heterocycles. The van der Waals surface area contributed by atoms with E-state index < -0.39 is 0 Å². The van der Waals surface area contributed by atoms with E-state index in [1.165, 1.54) is 122 Å². The molecule has 4 heteroatoms. The second kappa shape index (κ2) is 25.7. The zero-order chi connectivity index (χ0) is 20.5. The van der Waals surface area contributed by atoms with Crippen LogP contribution >= 0.6 is 25.3 Å². The molecule has 0 bridgehead atoms. The highest BCUT2D eigenvalue weighted by atomic mass is 32.1. The van der Waals surface area contributed by atoms with Crippen molar-refractivity contribution in [1.29, 1.82) is 0 Å². The summed E-state index contributed by atoms with van der Waals surface area (Å²) in [6.07, 6.45) is 22.5. The molecule has 0 saturated carbocycles. The average molecular weight is 433 g/mol. The molecule has 0 heterocycles. The fraction of sp³-hybridized carbons (Fsp3) is 1.00. The van der Waals surface area contributed by atoms with E-state index in [2.05, 4.69) is 42.4 Å². The maximum absolute atomic E-state index is 4.38. The topological polar surface area (TPSA) is 15.3 Å². The van der Waals surface area contributed by atoms with Gasteiger partial charge in [-0.15, -0.1) is 0 Å². The lowest BCUT2D eigenvalue weighted by molar-refractivity contribution is 0.267. The predicted molar refractivity (Wildman–Crippen MR) is 137 cm³/mol. The molecule has 0 fully saturated rings. The first-order valence-corrected chi connectivity index (χ1v) is 13.8. The van der Waals surface area contributed by atoms with E-state index >= 15 is 0 Å². The minimum absolute atomic E-state index is 0.982. The number of rotatable bonds is 24. The van der Waals surface area contributed by atoms with Crippen LogP contribution in [0, 0.1) is 0 Å². The normalized spacial score (nSPS) is 11.6. The molecule has 0 amide bonds. The molecule has 0 aromatic rings. The van der Waals surface area contributed by atoms with Gasteiger partial charge in [0.15, 0.2) is 0 Å². The molecular formula is C24H52N2S2.